The second-order valence-electron chi connectivity index (χ2n) is 10.5. The van der Waals surface area contributed by atoms with E-state index in [1.54, 1.807) is 30.3 Å². The highest BCUT2D eigenvalue weighted by Gasteiger charge is 2.35. The van der Waals surface area contributed by atoms with Crippen LogP contribution in [-0.2, 0) is 32.3 Å². The normalized spacial score (nSPS) is 15.0. The number of hydrogen-bond donors (Lipinski definition) is 1. The van der Waals surface area contributed by atoms with E-state index in [0.717, 1.165) is 44.2 Å². The van der Waals surface area contributed by atoms with Crippen LogP contribution in [0.15, 0.2) is 83.8 Å². The van der Waals surface area contributed by atoms with Crippen LogP contribution >= 0.6 is 11.6 Å². The third kappa shape index (κ3) is 8.08. The van der Waals surface area contributed by atoms with E-state index in [1.165, 1.54) is 42.2 Å². The van der Waals surface area contributed by atoms with Crippen LogP contribution in [0.1, 0.15) is 50.2 Å². The summed E-state index contributed by atoms with van der Waals surface area (Å²) >= 11 is 6.38. The first kappa shape index (κ1) is 32.3. The minimum absolute atomic E-state index is 0.0407. The number of nitrogens with zero attached hydrogens (tertiary/aromatic N) is 2. The van der Waals surface area contributed by atoms with Crippen molar-refractivity contribution in [3.63, 3.8) is 0 Å². The van der Waals surface area contributed by atoms with Crippen molar-refractivity contribution in [2.75, 3.05) is 10.8 Å². The fourth-order valence-electron chi connectivity index (χ4n) is 5.05. The molecule has 0 aliphatic heterocycles. The summed E-state index contributed by atoms with van der Waals surface area (Å²) in [6.45, 7) is 0.552. The Morgan fingerprint density at radius 3 is 2.26 bits per heavy atom. The number of sulfonamides is 1. The monoisotopic (exact) mass is 635 g/mol. The average molecular weight is 636 g/mol. The molecule has 0 saturated heterocycles. The molecule has 3 aromatic rings. The first-order valence-electron chi connectivity index (χ1n) is 14.0. The van der Waals surface area contributed by atoms with Gasteiger partial charge in [-0.05, 0) is 61.7 Å². The zero-order valence-electron chi connectivity index (χ0n) is 23.6. The van der Waals surface area contributed by atoms with Gasteiger partial charge in [0, 0.05) is 17.6 Å². The summed E-state index contributed by atoms with van der Waals surface area (Å²) in [5.41, 5.74) is -0.894. The number of anilines is 1. The number of alkyl halides is 3. The van der Waals surface area contributed by atoms with Gasteiger partial charge in [-0.2, -0.15) is 13.2 Å². The first-order chi connectivity index (χ1) is 20.4. The lowest BCUT2D eigenvalue weighted by molar-refractivity contribution is -0.139. The molecule has 0 heterocycles. The summed E-state index contributed by atoms with van der Waals surface area (Å²) in [5.74, 6) is -1.20. The number of hydrogen-bond acceptors (Lipinski definition) is 4. The van der Waals surface area contributed by atoms with Crippen molar-refractivity contribution in [1.29, 1.82) is 0 Å². The van der Waals surface area contributed by atoms with E-state index in [1.807, 2.05) is 0 Å². The number of benzene rings is 3. The fraction of sp³-hybridized carbons (Fsp3) is 0.355. The Labute approximate surface area is 254 Å². The van der Waals surface area contributed by atoms with Crippen LogP contribution < -0.4 is 9.62 Å². The van der Waals surface area contributed by atoms with Crippen LogP contribution in [0.2, 0.25) is 5.02 Å². The highest BCUT2D eigenvalue weighted by molar-refractivity contribution is 7.92. The molecule has 1 aliphatic carbocycles. The molecule has 1 aliphatic rings. The maximum Gasteiger partial charge on any atom is 0.416 e. The maximum absolute atomic E-state index is 14.0. The third-order valence-corrected chi connectivity index (χ3v) is 9.65. The molecule has 43 heavy (non-hydrogen) atoms. The Morgan fingerprint density at radius 1 is 0.953 bits per heavy atom. The molecular formula is C31H33ClF3N3O4S. The second kappa shape index (κ2) is 13.8. The first-order valence-corrected chi connectivity index (χ1v) is 15.8. The summed E-state index contributed by atoms with van der Waals surface area (Å²) in [5, 5.41) is 3.34. The largest absolute Gasteiger partial charge is 0.416 e. The Bertz CT molecular complexity index is 1530. The lowest BCUT2D eigenvalue weighted by atomic mass is 9.95. The standard InChI is InChI=1S/C31H33ClF3N3O4S/c1-22(30(40)36-25-13-4-2-5-14-25)37(20-23-11-8-9-18-28(23)32)29(39)21-38(43(41,42)27-16-6-3-7-17-27)26-15-10-12-24(19-26)31(33,34)35/h3,6-12,15-19,22,25H,2,4-5,13-14,20-21H2,1H3,(H,36,40)/t22-/m1/s1. The van der Waals surface area contributed by atoms with E-state index in [2.05, 4.69) is 5.32 Å². The molecule has 0 radical (unpaired) electrons. The molecule has 7 nitrogen and oxygen atoms in total. The van der Waals surface area contributed by atoms with Crippen molar-refractivity contribution in [3.05, 3.63) is 95.0 Å². The van der Waals surface area contributed by atoms with Gasteiger partial charge in [0.05, 0.1) is 16.1 Å². The molecule has 0 spiro atoms. The van der Waals surface area contributed by atoms with E-state index >= 15 is 0 Å². The van der Waals surface area contributed by atoms with Gasteiger partial charge in [-0.15, -0.1) is 0 Å². The van der Waals surface area contributed by atoms with Gasteiger partial charge in [-0.25, -0.2) is 8.42 Å². The van der Waals surface area contributed by atoms with Gasteiger partial charge < -0.3 is 10.2 Å². The lowest BCUT2D eigenvalue weighted by Gasteiger charge is -2.33. The van der Waals surface area contributed by atoms with Gasteiger partial charge in [0.25, 0.3) is 10.0 Å². The number of carbonyl (C=O) groups excluding carboxylic acids is 2. The van der Waals surface area contributed by atoms with Gasteiger partial charge in [0.1, 0.15) is 12.6 Å². The zero-order valence-corrected chi connectivity index (χ0v) is 25.1. The van der Waals surface area contributed by atoms with E-state index in [0.29, 0.717) is 21.0 Å². The molecule has 0 aromatic heterocycles. The Balaban J connectivity index is 1.72. The third-order valence-electron chi connectivity index (χ3n) is 7.49. The Hall–Kier alpha value is -3.57. The lowest BCUT2D eigenvalue weighted by Crippen LogP contribution is -2.53. The Kier molecular flexibility index (Phi) is 10.4. The zero-order chi connectivity index (χ0) is 31.2. The molecule has 230 valence electrons. The molecule has 1 N–H and O–H groups in total. The van der Waals surface area contributed by atoms with Crippen molar-refractivity contribution in [1.82, 2.24) is 10.2 Å². The highest BCUT2D eigenvalue weighted by atomic mass is 35.5. The topological polar surface area (TPSA) is 86.8 Å². The van der Waals surface area contributed by atoms with Crippen molar-refractivity contribution in [2.24, 2.45) is 0 Å². The van der Waals surface area contributed by atoms with Crippen molar-refractivity contribution >= 4 is 39.1 Å². The van der Waals surface area contributed by atoms with Gasteiger partial charge in [0.2, 0.25) is 11.8 Å². The van der Waals surface area contributed by atoms with E-state index in [4.69, 9.17) is 11.6 Å². The molecule has 4 rings (SSSR count). The van der Waals surface area contributed by atoms with Crippen LogP contribution in [-0.4, -0.2) is 43.8 Å². The molecule has 12 heteroatoms. The van der Waals surface area contributed by atoms with Crippen LogP contribution in [0, 0.1) is 0 Å². The predicted molar refractivity (Wildman–Crippen MR) is 159 cm³/mol. The smallest absolute Gasteiger partial charge is 0.352 e. The summed E-state index contributed by atoms with van der Waals surface area (Å²) in [6.07, 6.45) is -0.0782. The maximum atomic E-state index is 14.0. The molecular weight excluding hydrogens is 603 g/mol. The van der Waals surface area contributed by atoms with Crippen molar-refractivity contribution in [2.45, 2.75) is 68.7 Å². The SMILES string of the molecule is C[C@H](C(=O)NC1CCCCC1)N(Cc1ccccc1Cl)C(=O)CN(c1cccc(C(F)(F)F)c1)S(=O)(=O)c1ccccc1. The highest BCUT2D eigenvalue weighted by Crippen LogP contribution is 2.33. The molecule has 1 saturated carbocycles. The molecule has 1 fully saturated rings. The van der Waals surface area contributed by atoms with Gasteiger partial charge >= 0.3 is 6.18 Å². The fourth-order valence-corrected chi connectivity index (χ4v) is 6.67. The second-order valence-corrected chi connectivity index (χ2v) is 12.8. The minimum atomic E-state index is -4.75. The van der Waals surface area contributed by atoms with E-state index in [9.17, 15) is 31.2 Å². The summed E-state index contributed by atoms with van der Waals surface area (Å²) in [7, 11) is -4.50. The van der Waals surface area contributed by atoms with Crippen LogP contribution in [0.5, 0.6) is 0 Å². The summed E-state index contributed by atoms with van der Waals surface area (Å²) < 4.78 is 69.1. The quantitative estimate of drug-likeness (QED) is 0.279. The van der Waals surface area contributed by atoms with E-state index in [-0.39, 0.29) is 23.2 Å². The number of carbonyl (C=O) groups is 2. The molecule has 3 aromatic carbocycles. The van der Waals surface area contributed by atoms with Crippen LogP contribution in [0.4, 0.5) is 18.9 Å². The average Bonchev–Trinajstić information content (AvgIpc) is 2.99. The van der Waals surface area contributed by atoms with Gasteiger partial charge in [0.15, 0.2) is 0 Å². The number of nitrogens with one attached hydrogen (secondary N) is 1. The van der Waals surface area contributed by atoms with Gasteiger partial charge in [-0.3, -0.25) is 13.9 Å². The molecule has 0 bridgehead atoms. The minimum Gasteiger partial charge on any atom is -0.352 e. The molecule has 0 unspecified atom stereocenters. The summed E-state index contributed by atoms with van der Waals surface area (Å²) in [4.78, 5) is 28.4. The van der Waals surface area contributed by atoms with Crippen molar-refractivity contribution in [3.8, 4) is 0 Å². The number of amides is 2. The van der Waals surface area contributed by atoms with Gasteiger partial charge in [-0.1, -0.05) is 73.3 Å². The molecule has 2 amide bonds. The van der Waals surface area contributed by atoms with Crippen LogP contribution in [0.3, 0.4) is 0 Å². The molecule has 1 atom stereocenters. The Morgan fingerprint density at radius 2 is 1.60 bits per heavy atom. The summed E-state index contributed by atoms with van der Waals surface area (Å²) in [6, 6.07) is 16.6. The number of halogens is 4. The van der Waals surface area contributed by atoms with Crippen molar-refractivity contribution < 1.29 is 31.2 Å². The predicted octanol–water partition coefficient (Wildman–Crippen LogP) is 6.42. The van der Waals surface area contributed by atoms with E-state index < -0.39 is 46.2 Å². The van der Waals surface area contributed by atoms with Crippen LogP contribution in [0.25, 0.3) is 0 Å². The number of rotatable bonds is 10.